The number of rotatable bonds is 5. The van der Waals surface area contributed by atoms with Gasteiger partial charge in [0.2, 0.25) is 5.96 Å². The largest absolute Gasteiger partial charge is 0.487 e. The van der Waals surface area contributed by atoms with Gasteiger partial charge >= 0.3 is 0 Å². The predicted molar refractivity (Wildman–Crippen MR) is 85.6 cm³/mol. The molecule has 2 aromatic rings. The summed E-state index contributed by atoms with van der Waals surface area (Å²) in [4.78, 5) is 0. The van der Waals surface area contributed by atoms with Gasteiger partial charge in [-0.15, -0.1) is 5.10 Å². The normalized spacial score (nSPS) is 10.5. The Balaban J connectivity index is 2.10. The minimum atomic E-state index is -0.112. The maximum atomic E-state index is 6.26. The van der Waals surface area contributed by atoms with Gasteiger partial charge in [0.05, 0.1) is 11.2 Å². The van der Waals surface area contributed by atoms with E-state index >= 15 is 0 Å². The highest BCUT2D eigenvalue weighted by atomic mass is 35.5. The molecule has 0 atom stereocenters. The summed E-state index contributed by atoms with van der Waals surface area (Å²) < 4.78 is 5.71. The Morgan fingerprint density at radius 2 is 1.86 bits per heavy atom. The Kier molecular flexibility index (Phi) is 5.17. The summed E-state index contributed by atoms with van der Waals surface area (Å²) in [6, 6.07) is 15.3. The Morgan fingerprint density at radius 3 is 2.57 bits per heavy atom. The molecule has 0 saturated carbocycles. The molecular formula is C15H15ClN4O. The van der Waals surface area contributed by atoms with Crippen LogP contribution in [0.2, 0.25) is 5.02 Å². The second-order valence-corrected chi connectivity index (χ2v) is 4.58. The molecule has 0 bridgehead atoms. The molecule has 0 aliphatic heterocycles. The van der Waals surface area contributed by atoms with Gasteiger partial charge in [0.25, 0.3) is 0 Å². The van der Waals surface area contributed by atoms with Crippen LogP contribution in [0.4, 0.5) is 0 Å². The van der Waals surface area contributed by atoms with Gasteiger partial charge in [-0.05, 0) is 11.6 Å². The summed E-state index contributed by atoms with van der Waals surface area (Å²) in [5, 5.41) is 7.72. The molecule has 0 saturated heterocycles. The van der Waals surface area contributed by atoms with E-state index < -0.39 is 0 Å². The van der Waals surface area contributed by atoms with Crippen LogP contribution in [0.1, 0.15) is 11.1 Å². The highest BCUT2D eigenvalue weighted by Gasteiger charge is 2.06. The van der Waals surface area contributed by atoms with Crippen molar-refractivity contribution in [2.45, 2.75) is 6.61 Å². The Bertz CT molecular complexity index is 652. The molecule has 0 aromatic heterocycles. The third kappa shape index (κ3) is 4.50. The molecule has 2 rings (SSSR count). The second kappa shape index (κ2) is 7.31. The van der Waals surface area contributed by atoms with Gasteiger partial charge in [0, 0.05) is 5.56 Å². The Labute approximate surface area is 127 Å². The van der Waals surface area contributed by atoms with Crippen molar-refractivity contribution in [3.05, 3.63) is 64.7 Å². The number of ether oxygens (including phenoxy) is 1. The fraction of sp³-hybridized carbons (Fsp3) is 0.0667. The molecule has 0 heterocycles. The first kappa shape index (κ1) is 14.9. The molecule has 2 aromatic carbocycles. The van der Waals surface area contributed by atoms with Gasteiger partial charge in [-0.1, -0.05) is 54.1 Å². The topological polar surface area (TPSA) is 86.0 Å². The van der Waals surface area contributed by atoms with Crippen molar-refractivity contribution in [3.8, 4) is 5.75 Å². The van der Waals surface area contributed by atoms with E-state index in [0.29, 0.717) is 22.9 Å². The maximum absolute atomic E-state index is 6.26. The third-order valence-corrected chi connectivity index (χ3v) is 3.00. The van der Waals surface area contributed by atoms with Crippen molar-refractivity contribution in [2.24, 2.45) is 21.7 Å². The summed E-state index contributed by atoms with van der Waals surface area (Å²) in [5.74, 6) is 0.466. The first-order valence-electron chi connectivity index (χ1n) is 6.24. The molecule has 0 aliphatic rings. The number of guanidine groups is 1. The lowest BCUT2D eigenvalue weighted by atomic mass is 10.2. The first-order chi connectivity index (χ1) is 10.2. The Hall–Kier alpha value is -2.53. The number of halogens is 1. The van der Waals surface area contributed by atoms with Crippen LogP contribution in [-0.2, 0) is 6.61 Å². The molecular weight excluding hydrogens is 288 g/mol. The average Bonchev–Trinajstić information content (AvgIpc) is 2.48. The van der Waals surface area contributed by atoms with Crippen molar-refractivity contribution in [2.75, 3.05) is 0 Å². The minimum Gasteiger partial charge on any atom is -0.487 e. The number of nitrogens with two attached hydrogens (primary N) is 2. The zero-order valence-corrected chi connectivity index (χ0v) is 12.0. The molecule has 0 spiro atoms. The number of hydrogen-bond acceptors (Lipinski definition) is 3. The maximum Gasteiger partial charge on any atom is 0.211 e. The van der Waals surface area contributed by atoms with Crippen LogP contribution in [0, 0.1) is 0 Å². The minimum absolute atomic E-state index is 0.112. The quantitative estimate of drug-likeness (QED) is 0.505. The van der Waals surface area contributed by atoms with Crippen molar-refractivity contribution in [1.82, 2.24) is 0 Å². The molecule has 5 nitrogen and oxygen atoms in total. The zero-order valence-electron chi connectivity index (χ0n) is 11.2. The predicted octanol–water partition coefficient (Wildman–Crippen LogP) is 2.53. The molecule has 6 heteroatoms. The van der Waals surface area contributed by atoms with Gasteiger partial charge in [0.1, 0.15) is 12.4 Å². The first-order valence-corrected chi connectivity index (χ1v) is 6.62. The van der Waals surface area contributed by atoms with Gasteiger partial charge < -0.3 is 16.2 Å². The lowest BCUT2D eigenvalue weighted by Crippen LogP contribution is -2.21. The van der Waals surface area contributed by atoms with E-state index in [2.05, 4.69) is 10.2 Å². The van der Waals surface area contributed by atoms with E-state index in [1.54, 1.807) is 12.1 Å². The summed E-state index contributed by atoms with van der Waals surface area (Å²) in [6.07, 6.45) is 1.47. The van der Waals surface area contributed by atoms with E-state index in [4.69, 9.17) is 27.8 Å². The summed E-state index contributed by atoms with van der Waals surface area (Å²) in [6.45, 7) is 0.440. The molecule has 0 amide bonds. The van der Waals surface area contributed by atoms with Crippen LogP contribution in [0.15, 0.2) is 58.7 Å². The smallest absolute Gasteiger partial charge is 0.211 e. The van der Waals surface area contributed by atoms with Gasteiger partial charge in [-0.25, -0.2) is 0 Å². The standard InChI is InChI=1S/C15H15ClN4O/c16-14-12(9-19-20-15(17)18)7-4-8-13(14)21-10-11-5-2-1-3-6-11/h1-9H,10H2,(H4,17,18,20)/b19-9+. The Morgan fingerprint density at radius 1 is 1.10 bits per heavy atom. The van der Waals surface area contributed by atoms with E-state index in [-0.39, 0.29) is 5.96 Å². The van der Waals surface area contributed by atoms with E-state index in [9.17, 15) is 0 Å². The molecule has 0 aliphatic carbocycles. The lowest BCUT2D eigenvalue weighted by molar-refractivity contribution is 0.306. The average molecular weight is 303 g/mol. The van der Waals surface area contributed by atoms with Crippen LogP contribution in [0.3, 0.4) is 0 Å². The summed E-state index contributed by atoms with van der Waals surface area (Å²) in [5.41, 5.74) is 12.1. The SMILES string of the molecule is NC(N)=N/N=C/c1cccc(OCc2ccccc2)c1Cl. The molecule has 4 N–H and O–H groups in total. The van der Waals surface area contributed by atoms with E-state index in [0.717, 1.165) is 5.56 Å². The van der Waals surface area contributed by atoms with Crippen molar-refractivity contribution in [1.29, 1.82) is 0 Å². The highest BCUT2D eigenvalue weighted by Crippen LogP contribution is 2.27. The molecule has 108 valence electrons. The molecule has 0 fully saturated rings. The second-order valence-electron chi connectivity index (χ2n) is 4.20. The number of hydrogen-bond donors (Lipinski definition) is 2. The van der Waals surface area contributed by atoms with Crippen molar-refractivity contribution in [3.63, 3.8) is 0 Å². The number of nitrogens with zero attached hydrogens (tertiary/aromatic N) is 2. The summed E-state index contributed by atoms with van der Waals surface area (Å²) in [7, 11) is 0. The molecule has 0 unspecified atom stereocenters. The lowest BCUT2D eigenvalue weighted by Gasteiger charge is -2.09. The van der Waals surface area contributed by atoms with Crippen LogP contribution < -0.4 is 16.2 Å². The fourth-order valence-corrected chi connectivity index (χ4v) is 1.86. The highest BCUT2D eigenvalue weighted by molar-refractivity contribution is 6.34. The zero-order chi connectivity index (χ0) is 15.1. The van der Waals surface area contributed by atoms with Crippen LogP contribution in [-0.4, -0.2) is 12.2 Å². The molecule has 0 radical (unpaired) electrons. The van der Waals surface area contributed by atoms with Crippen LogP contribution >= 0.6 is 11.6 Å². The fourth-order valence-electron chi connectivity index (χ4n) is 1.63. The molecule has 21 heavy (non-hydrogen) atoms. The third-order valence-electron chi connectivity index (χ3n) is 2.60. The van der Waals surface area contributed by atoms with E-state index in [1.807, 2.05) is 36.4 Å². The van der Waals surface area contributed by atoms with Gasteiger partial charge in [-0.3, -0.25) is 0 Å². The van der Waals surface area contributed by atoms with Gasteiger partial charge in [0.15, 0.2) is 0 Å². The monoisotopic (exact) mass is 302 g/mol. The van der Waals surface area contributed by atoms with Gasteiger partial charge in [-0.2, -0.15) is 5.10 Å². The van der Waals surface area contributed by atoms with Crippen molar-refractivity contribution < 1.29 is 4.74 Å². The van der Waals surface area contributed by atoms with Crippen LogP contribution in [0.25, 0.3) is 0 Å². The number of benzene rings is 2. The summed E-state index contributed by atoms with van der Waals surface area (Å²) >= 11 is 6.26. The van der Waals surface area contributed by atoms with Crippen LogP contribution in [0.5, 0.6) is 5.75 Å². The van der Waals surface area contributed by atoms with Crippen molar-refractivity contribution >= 4 is 23.8 Å². The van der Waals surface area contributed by atoms with E-state index in [1.165, 1.54) is 6.21 Å².